The van der Waals surface area contributed by atoms with E-state index in [0.29, 0.717) is 10.6 Å². The molecule has 0 aliphatic rings. The Labute approximate surface area is 134 Å². The molecule has 1 rings (SSSR count). The van der Waals surface area contributed by atoms with Crippen LogP contribution in [0, 0.1) is 0 Å². The summed E-state index contributed by atoms with van der Waals surface area (Å²) in [6.45, 7) is -3.37. The molecule has 0 saturated heterocycles. The van der Waals surface area contributed by atoms with Crippen LogP contribution in [-0.4, -0.2) is 32.3 Å². The zero-order valence-electron chi connectivity index (χ0n) is 12.1. The Balaban J connectivity index is 2.63. The average molecular weight is 360 g/mol. The van der Waals surface area contributed by atoms with Gasteiger partial charge in [0, 0.05) is 30.7 Å². The number of aliphatic imine (C=N–C) groups is 1. The number of ether oxygens (including phenoxy) is 1. The van der Waals surface area contributed by atoms with Crippen molar-refractivity contribution < 1.29 is 26.7 Å². The van der Waals surface area contributed by atoms with Gasteiger partial charge in [-0.2, -0.15) is 22.0 Å². The van der Waals surface area contributed by atoms with Gasteiger partial charge in [0.15, 0.2) is 5.96 Å². The van der Waals surface area contributed by atoms with Crippen molar-refractivity contribution >= 4 is 17.6 Å². The van der Waals surface area contributed by atoms with Gasteiger partial charge >= 0.3 is 12.8 Å². The smallest absolute Gasteiger partial charge is 0.390 e. The molecule has 0 radical (unpaired) electrons. The van der Waals surface area contributed by atoms with Crippen molar-refractivity contribution in [3.8, 4) is 5.75 Å². The van der Waals surface area contributed by atoms with E-state index in [1.807, 2.05) is 0 Å². The minimum Gasteiger partial charge on any atom is -0.434 e. The topological polar surface area (TPSA) is 45.7 Å². The third-order valence-electron chi connectivity index (χ3n) is 2.61. The molecule has 0 spiro atoms. The van der Waals surface area contributed by atoms with Crippen LogP contribution in [0.15, 0.2) is 23.2 Å². The van der Waals surface area contributed by atoms with Crippen molar-refractivity contribution in [1.82, 2.24) is 10.6 Å². The molecule has 0 heterocycles. The SMILES string of the molecule is CN=C(NCCC(F)(F)F)NCc1cc(Cl)ccc1OC(F)F. The zero-order chi connectivity index (χ0) is 17.5. The van der Waals surface area contributed by atoms with Crippen LogP contribution in [-0.2, 0) is 6.54 Å². The van der Waals surface area contributed by atoms with Crippen LogP contribution in [0.3, 0.4) is 0 Å². The minimum atomic E-state index is -4.28. The van der Waals surface area contributed by atoms with Crippen LogP contribution >= 0.6 is 11.6 Å². The second kappa shape index (κ2) is 8.76. The highest BCUT2D eigenvalue weighted by atomic mass is 35.5. The summed E-state index contributed by atoms with van der Waals surface area (Å²) in [6, 6.07) is 4.08. The van der Waals surface area contributed by atoms with Gasteiger partial charge in [0.05, 0.1) is 6.42 Å². The molecule has 4 nitrogen and oxygen atoms in total. The third kappa shape index (κ3) is 7.87. The van der Waals surface area contributed by atoms with Gasteiger partial charge in [0.25, 0.3) is 0 Å². The molecule has 1 aromatic rings. The molecule has 1 aromatic carbocycles. The molecule has 23 heavy (non-hydrogen) atoms. The first-order chi connectivity index (χ1) is 10.7. The number of rotatable bonds is 6. The number of hydrogen-bond donors (Lipinski definition) is 2. The molecule has 0 amide bonds. The number of hydrogen-bond acceptors (Lipinski definition) is 2. The Morgan fingerprint density at radius 1 is 1.30 bits per heavy atom. The van der Waals surface area contributed by atoms with E-state index in [9.17, 15) is 22.0 Å². The van der Waals surface area contributed by atoms with Crippen molar-refractivity contribution in [3.63, 3.8) is 0 Å². The van der Waals surface area contributed by atoms with E-state index < -0.39 is 19.2 Å². The standard InChI is InChI=1S/C13H15ClF5N3O/c1-20-12(21-5-4-13(17,18)19)22-7-8-6-9(14)2-3-10(8)23-11(15)16/h2-3,6,11H,4-5,7H2,1H3,(H2,20,21,22). The highest BCUT2D eigenvalue weighted by Gasteiger charge is 2.26. The largest absolute Gasteiger partial charge is 0.434 e. The van der Waals surface area contributed by atoms with Crippen molar-refractivity contribution in [3.05, 3.63) is 28.8 Å². The van der Waals surface area contributed by atoms with Crippen molar-refractivity contribution in [2.75, 3.05) is 13.6 Å². The van der Waals surface area contributed by atoms with E-state index in [4.69, 9.17) is 11.6 Å². The van der Waals surface area contributed by atoms with Gasteiger partial charge in [-0.05, 0) is 18.2 Å². The first kappa shape index (κ1) is 19.3. The summed E-state index contributed by atoms with van der Waals surface area (Å²) in [6.07, 6.45) is -5.30. The second-order valence-corrected chi connectivity index (χ2v) is 4.78. The molecule has 2 N–H and O–H groups in total. The van der Waals surface area contributed by atoms with Gasteiger partial charge in [-0.1, -0.05) is 11.6 Å². The molecule has 0 aliphatic carbocycles. The van der Waals surface area contributed by atoms with Gasteiger partial charge in [-0.15, -0.1) is 0 Å². The fourth-order valence-electron chi connectivity index (χ4n) is 1.62. The first-order valence-corrected chi connectivity index (χ1v) is 6.83. The average Bonchev–Trinajstić information content (AvgIpc) is 2.43. The van der Waals surface area contributed by atoms with Gasteiger partial charge in [0.1, 0.15) is 5.75 Å². The van der Waals surface area contributed by atoms with Crippen LogP contribution in [0.4, 0.5) is 22.0 Å². The molecule has 0 saturated carbocycles. The monoisotopic (exact) mass is 359 g/mol. The van der Waals surface area contributed by atoms with E-state index >= 15 is 0 Å². The summed E-state index contributed by atoms with van der Waals surface area (Å²) >= 11 is 5.79. The van der Waals surface area contributed by atoms with Crippen molar-refractivity contribution in [2.45, 2.75) is 25.8 Å². The Hall–Kier alpha value is -1.77. The summed E-state index contributed by atoms with van der Waals surface area (Å²) in [5.41, 5.74) is 0.316. The lowest BCUT2D eigenvalue weighted by Crippen LogP contribution is -2.38. The normalized spacial score (nSPS) is 12.4. The van der Waals surface area contributed by atoms with Crippen molar-refractivity contribution in [2.24, 2.45) is 4.99 Å². The molecule has 0 aliphatic heterocycles. The maximum absolute atomic E-state index is 12.3. The van der Waals surface area contributed by atoms with Crippen LogP contribution in [0.2, 0.25) is 5.02 Å². The van der Waals surface area contributed by atoms with Crippen LogP contribution in [0.5, 0.6) is 5.75 Å². The molecule has 0 unspecified atom stereocenters. The highest BCUT2D eigenvalue weighted by Crippen LogP contribution is 2.24. The number of alkyl halides is 5. The number of nitrogens with one attached hydrogen (secondary N) is 2. The maximum atomic E-state index is 12.3. The zero-order valence-corrected chi connectivity index (χ0v) is 12.8. The quantitative estimate of drug-likeness (QED) is 0.464. The van der Waals surface area contributed by atoms with Gasteiger partial charge in [-0.3, -0.25) is 4.99 Å². The second-order valence-electron chi connectivity index (χ2n) is 4.35. The summed E-state index contributed by atoms with van der Waals surface area (Å²) in [5.74, 6) is 0.0138. The summed E-state index contributed by atoms with van der Waals surface area (Å²) < 4.78 is 65.2. The fourth-order valence-corrected chi connectivity index (χ4v) is 1.81. The lowest BCUT2D eigenvalue weighted by molar-refractivity contribution is -0.132. The maximum Gasteiger partial charge on any atom is 0.390 e. The minimum absolute atomic E-state index is 0.00565. The van der Waals surface area contributed by atoms with E-state index in [0.717, 1.165) is 0 Å². The number of benzene rings is 1. The lowest BCUT2D eigenvalue weighted by atomic mass is 10.2. The molecule has 0 aromatic heterocycles. The van der Waals surface area contributed by atoms with Crippen molar-refractivity contribution in [1.29, 1.82) is 0 Å². The summed E-state index contributed by atoms with van der Waals surface area (Å²) in [5, 5.41) is 5.48. The molecule has 0 atom stereocenters. The van der Waals surface area contributed by atoms with Gasteiger partial charge in [0.2, 0.25) is 0 Å². The predicted molar refractivity (Wildman–Crippen MR) is 77.0 cm³/mol. The third-order valence-corrected chi connectivity index (χ3v) is 2.84. The van der Waals surface area contributed by atoms with E-state index in [-0.39, 0.29) is 24.8 Å². The molecule has 0 fully saturated rings. The Kier molecular flexibility index (Phi) is 7.34. The molecular weight excluding hydrogens is 345 g/mol. The number of nitrogens with zero attached hydrogens (tertiary/aromatic N) is 1. The van der Waals surface area contributed by atoms with Crippen LogP contribution < -0.4 is 15.4 Å². The summed E-state index contributed by atoms with van der Waals surface area (Å²) in [7, 11) is 1.37. The van der Waals surface area contributed by atoms with Crippen LogP contribution in [0.25, 0.3) is 0 Å². The predicted octanol–water partition coefficient (Wildman–Crippen LogP) is 3.56. The van der Waals surface area contributed by atoms with Gasteiger partial charge < -0.3 is 15.4 Å². The number of halogens is 6. The molecule has 0 bridgehead atoms. The Morgan fingerprint density at radius 3 is 2.57 bits per heavy atom. The van der Waals surface area contributed by atoms with Gasteiger partial charge in [-0.25, -0.2) is 0 Å². The highest BCUT2D eigenvalue weighted by molar-refractivity contribution is 6.30. The van der Waals surface area contributed by atoms with Crippen LogP contribution in [0.1, 0.15) is 12.0 Å². The molecule has 130 valence electrons. The first-order valence-electron chi connectivity index (χ1n) is 6.46. The molecular formula is C13H15ClF5N3O. The van der Waals surface area contributed by atoms with E-state index in [1.54, 1.807) is 0 Å². The van der Waals surface area contributed by atoms with E-state index in [1.165, 1.54) is 25.2 Å². The molecule has 10 heteroatoms. The number of guanidine groups is 1. The fraction of sp³-hybridized carbons (Fsp3) is 0.462. The van der Waals surface area contributed by atoms with E-state index in [2.05, 4.69) is 20.4 Å². The Bertz CT molecular complexity index is 537. The summed E-state index contributed by atoms with van der Waals surface area (Å²) in [4.78, 5) is 3.74. The lowest BCUT2D eigenvalue weighted by Gasteiger charge is -2.15. The Morgan fingerprint density at radius 2 is 2.00 bits per heavy atom.